The zero-order valence-corrected chi connectivity index (χ0v) is 9.91. The first-order chi connectivity index (χ1) is 4.34. The van der Waals surface area contributed by atoms with Gasteiger partial charge in [-0.2, -0.15) is 6.42 Å². The summed E-state index contributed by atoms with van der Waals surface area (Å²) in [5, 5.41) is 0. The Bertz CT molecular complexity index is 203. The largest absolute Gasteiger partial charge is 2.00 e. The third-order valence-electron chi connectivity index (χ3n) is 1.23. The molecule has 0 aromatic heterocycles. The van der Waals surface area contributed by atoms with Gasteiger partial charge in [-0.25, -0.2) is 4.39 Å². The first-order valence-corrected chi connectivity index (χ1v) is 2.87. The van der Waals surface area contributed by atoms with Crippen LogP contribution in [0.4, 0.5) is 4.39 Å². The third kappa shape index (κ3) is 3.83. The Hall–Kier alpha value is 0.0634. The van der Waals surface area contributed by atoms with E-state index in [1.807, 2.05) is 6.07 Å². The van der Waals surface area contributed by atoms with Crippen LogP contribution >= 0.6 is 0 Å². The Morgan fingerprint density at radius 3 is 2.18 bits per heavy atom. The van der Waals surface area contributed by atoms with Crippen molar-refractivity contribution in [3.05, 3.63) is 42.6 Å². The number of hydrogen-bond acceptors (Lipinski definition) is 0. The Kier molecular flexibility index (Phi) is 8.37. The molecule has 0 amide bonds. The summed E-state index contributed by atoms with van der Waals surface area (Å²) in [6.07, 6.45) is 0.521. The van der Waals surface area contributed by atoms with Crippen molar-refractivity contribution in [1.29, 1.82) is 0 Å². The molecule has 0 spiro atoms. The smallest absolute Gasteiger partial charge is 1.00 e. The van der Waals surface area contributed by atoms with Crippen molar-refractivity contribution < 1.29 is 36.3 Å². The van der Waals surface area contributed by atoms with E-state index in [0.717, 1.165) is 0 Å². The zero-order chi connectivity index (χ0) is 6.69. The summed E-state index contributed by atoms with van der Waals surface area (Å²) in [4.78, 5) is 0. The van der Waals surface area contributed by atoms with Crippen LogP contribution in [0.3, 0.4) is 0 Å². The Morgan fingerprint density at radius 1 is 1.27 bits per heavy atom. The summed E-state index contributed by atoms with van der Waals surface area (Å²) >= 11 is 0. The minimum Gasteiger partial charge on any atom is -1.00 e. The van der Waals surface area contributed by atoms with E-state index in [-0.39, 0.29) is 37.7 Å². The van der Waals surface area contributed by atoms with Crippen molar-refractivity contribution in [1.82, 2.24) is 0 Å². The van der Waals surface area contributed by atoms with Gasteiger partial charge in [0.2, 0.25) is 0 Å². The molecule has 0 aliphatic heterocycles. The van der Waals surface area contributed by atoms with Crippen molar-refractivity contribution in [2.24, 2.45) is 0 Å². The van der Waals surface area contributed by atoms with Gasteiger partial charge < -0.3 is 19.3 Å². The van der Waals surface area contributed by atoms with Crippen molar-refractivity contribution in [2.75, 3.05) is 0 Å². The van der Waals surface area contributed by atoms with E-state index in [1.165, 1.54) is 6.07 Å². The number of hydrogen-bond donors (Lipinski definition) is 0. The van der Waals surface area contributed by atoms with E-state index in [2.05, 4.69) is 6.92 Å². The maximum atomic E-state index is 12.5. The van der Waals surface area contributed by atoms with Gasteiger partial charge in [0, 0.05) is 0 Å². The van der Waals surface area contributed by atoms with Gasteiger partial charge in [0.05, 0.1) is 0 Å². The number of rotatable bonds is 1. The summed E-state index contributed by atoms with van der Waals surface area (Å²) in [6.45, 7) is 3.58. The molecular formula is C8H8ClFZn. The molecule has 0 N–H and O–H groups in total. The summed E-state index contributed by atoms with van der Waals surface area (Å²) in [5.41, 5.74) is 0.678. The molecule has 0 nitrogen and oxygen atoms in total. The van der Waals surface area contributed by atoms with Crippen LogP contribution in [0.25, 0.3) is 0 Å². The van der Waals surface area contributed by atoms with Gasteiger partial charge in [-0.3, -0.25) is 0 Å². The molecule has 0 atom stereocenters. The van der Waals surface area contributed by atoms with E-state index in [4.69, 9.17) is 0 Å². The van der Waals surface area contributed by atoms with Gasteiger partial charge >= 0.3 is 19.5 Å². The molecule has 0 fully saturated rings. The normalized spacial score (nSPS) is 7.82. The molecule has 0 saturated carbocycles. The second-order valence-corrected chi connectivity index (χ2v) is 1.84. The standard InChI is InChI=1S/C8H8F.ClH.Zn/c1-2-7-5-3-4-6-8(7)9;;/h3-6H,1-2H2;1H;/q-1;;+2/p-1. The predicted octanol–water partition coefficient (Wildman–Crippen LogP) is -0.796. The van der Waals surface area contributed by atoms with Gasteiger partial charge in [0.1, 0.15) is 5.82 Å². The van der Waals surface area contributed by atoms with E-state index in [1.54, 1.807) is 12.1 Å². The predicted molar refractivity (Wildman–Crippen MR) is 35.5 cm³/mol. The monoisotopic (exact) mass is 222 g/mol. The van der Waals surface area contributed by atoms with E-state index >= 15 is 0 Å². The molecule has 0 bridgehead atoms. The number of halogens is 2. The van der Waals surface area contributed by atoms with Crippen molar-refractivity contribution in [3.63, 3.8) is 0 Å². The van der Waals surface area contributed by atoms with Gasteiger partial charge in [-0.05, 0) is 11.6 Å². The van der Waals surface area contributed by atoms with Gasteiger partial charge in [-0.1, -0.05) is 18.2 Å². The van der Waals surface area contributed by atoms with Crippen molar-refractivity contribution in [2.45, 2.75) is 6.42 Å². The van der Waals surface area contributed by atoms with Crippen LogP contribution in [0.2, 0.25) is 0 Å². The van der Waals surface area contributed by atoms with Crippen LogP contribution in [-0.4, -0.2) is 0 Å². The van der Waals surface area contributed by atoms with Crippen LogP contribution in [-0.2, 0) is 25.9 Å². The van der Waals surface area contributed by atoms with E-state index in [9.17, 15) is 4.39 Å². The summed E-state index contributed by atoms with van der Waals surface area (Å²) in [6, 6.07) is 6.67. The Morgan fingerprint density at radius 2 is 1.82 bits per heavy atom. The molecule has 1 rings (SSSR count). The molecule has 3 heteroatoms. The summed E-state index contributed by atoms with van der Waals surface area (Å²) in [7, 11) is 0. The Labute approximate surface area is 85.4 Å². The molecule has 11 heavy (non-hydrogen) atoms. The van der Waals surface area contributed by atoms with E-state index in [0.29, 0.717) is 12.0 Å². The first-order valence-electron chi connectivity index (χ1n) is 2.87. The average molecular weight is 224 g/mol. The van der Waals surface area contributed by atoms with E-state index < -0.39 is 0 Å². The van der Waals surface area contributed by atoms with Crippen LogP contribution < -0.4 is 12.4 Å². The molecule has 0 unspecified atom stereocenters. The van der Waals surface area contributed by atoms with Gasteiger partial charge in [0.15, 0.2) is 0 Å². The maximum absolute atomic E-state index is 12.5. The fourth-order valence-corrected chi connectivity index (χ4v) is 0.701. The van der Waals surface area contributed by atoms with Gasteiger partial charge in [-0.15, -0.1) is 0 Å². The number of benzene rings is 1. The second kappa shape index (κ2) is 6.75. The zero-order valence-electron chi connectivity index (χ0n) is 6.19. The van der Waals surface area contributed by atoms with Crippen LogP contribution in [0.1, 0.15) is 5.56 Å². The molecule has 0 radical (unpaired) electrons. The molecule has 0 aliphatic carbocycles. The Balaban J connectivity index is 0. The molecule has 0 heterocycles. The summed E-state index contributed by atoms with van der Waals surface area (Å²) < 4.78 is 12.5. The minimum absolute atomic E-state index is 0. The van der Waals surface area contributed by atoms with Crippen LogP contribution in [0.5, 0.6) is 0 Å². The molecule has 0 aliphatic rings. The molecule has 1 aromatic carbocycles. The van der Waals surface area contributed by atoms with Gasteiger partial charge in [0.25, 0.3) is 0 Å². The SMILES string of the molecule is [CH2-]Cc1ccccc1F.[Cl-].[Zn+2]. The molecule has 56 valence electrons. The first kappa shape index (κ1) is 13.6. The summed E-state index contributed by atoms with van der Waals surface area (Å²) in [5.74, 6) is -0.160. The minimum atomic E-state index is -0.160. The fourth-order valence-electron chi connectivity index (χ4n) is 0.701. The average Bonchev–Trinajstić information content (AvgIpc) is 1.89. The molecular weight excluding hydrogens is 216 g/mol. The second-order valence-electron chi connectivity index (χ2n) is 1.84. The van der Waals surface area contributed by atoms with Crippen LogP contribution in [0.15, 0.2) is 24.3 Å². The quantitative estimate of drug-likeness (QED) is 0.433. The third-order valence-corrected chi connectivity index (χ3v) is 1.23. The van der Waals surface area contributed by atoms with Crippen LogP contribution in [0, 0.1) is 12.7 Å². The van der Waals surface area contributed by atoms with Crippen molar-refractivity contribution >= 4 is 0 Å². The van der Waals surface area contributed by atoms with Crippen molar-refractivity contribution in [3.8, 4) is 0 Å². The maximum Gasteiger partial charge on any atom is 2.00 e. The topological polar surface area (TPSA) is 0 Å². The fraction of sp³-hybridized carbons (Fsp3) is 0.125. The molecule has 0 saturated heterocycles. The molecule has 1 aromatic rings.